The van der Waals surface area contributed by atoms with E-state index in [4.69, 9.17) is 37.0 Å². The maximum Gasteiger partial charge on any atom is 0.472 e. The minimum absolute atomic E-state index is 0.108. The van der Waals surface area contributed by atoms with E-state index in [2.05, 4.69) is 27.7 Å². The van der Waals surface area contributed by atoms with Crippen LogP contribution >= 0.6 is 15.6 Å². The Morgan fingerprint density at radius 3 is 0.702 bits per heavy atom. The highest BCUT2D eigenvalue weighted by Crippen LogP contribution is 2.45. The average Bonchev–Trinajstić information content (AvgIpc) is 3.59. The lowest BCUT2D eigenvalue weighted by atomic mass is 10.0. The van der Waals surface area contributed by atoms with Crippen LogP contribution in [0, 0.1) is 0 Å². The first-order valence-corrected chi connectivity index (χ1v) is 37.3. The second kappa shape index (κ2) is 60.0. The summed E-state index contributed by atoms with van der Waals surface area (Å²) in [6.45, 7) is 4.84. The number of esters is 4. The molecule has 0 bridgehead atoms. The molecule has 0 aliphatic heterocycles. The number of hydrogen-bond acceptors (Lipinski definition) is 15. The highest BCUT2D eigenvalue weighted by molar-refractivity contribution is 7.47. The van der Waals surface area contributed by atoms with Gasteiger partial charge in [0.15, 0.2) is 12.2 Å². The fraction of sp³-hybridized carbons (Fsp3) is 0.938. The van der Waals surface area contributed by atoms with Gasteiger partial charge in [0.1, 0.15) is 19.3 Å². The molecule has 4 atom stereocenters. The molecule has 0 radical (unpaired) electrons. The molecular formula is C65H126O17P2. The Morgan fingerprint density at radius 1 is 0.286 bits per heavy atom. The van der Waals surface area contributed by atoms with Crippen LogP contribution < -0.4 is 0 Å². The number of unbranched alkanes of at least 4 members (excludes halogenated alkanes) is 40. The van der Waals surface area contributed by atoms with E-state index < -0.39 is 97.5 Å². The molecule has 0 aromatic rings. The number of aliphatic hydroxyl groups excluding tert-OH is 1. The van der Waals surface area contributed by atoms with Gasteiger partial charge in [-0.05, 0) is 25.7 Å². The molecule has 0 saturated carbocycles. The van der Waals surface area contributed by atoms with Gasteiger partial charge in [-0.25, -0.2) is 9.13 Å². The van der Waals surface area contributed by atoms with Crippen LogP contribution in [0.4, 0.5) is 0 Å². The highest BCUT2D eigenvalue weighted by atomic mass is 31.2. The van der Waals surface area contributed by atoms with Gasteiger partial charge in [0, 0.05) is 25.7 Å². The molecule has 0 saturated heterocycles. The molecule has 2 unspecified atom stereocenters. The summed E-state index contributed by atoms with van der Waals surface area (Å²) in [7, 11) is -9.88. The predicted octanol–water partition coefficient (Wildman–Crippen LogP) is 18.3. The molecule has 0 amide bonds. The first kappa shape index (κ1) is 82.1. The number of carbonyl (C=O) groups excluding carboxylic acids is 4. The van der Waals surface area contributed by atoms with Crippen molar-refractivity contribution in [2.45, 2.75) is 354 Å². The van der Waals surface area contributed by atoms with E-state index in [1.807, 2.05) is 0 Å². The number of aliphatic hydroxyl groups is 1. The Balaban J connectivity index is 5.13. The van der Waals surface area contributed by atoms with E-state index in [-0.39, 0.29) is 25.7 Å². The largest absolute Gasteiger partial charge is 0.472 e. The molecule has 498 valence electrons. The third kappa shape index (κ3) is 59.0. The zero-order valence-corrected chi connectivity index (χ0v) is 55.7. The normalized spacial score (nSPS) is 14.1. The molecule has 17 nitrogen and oxygen atoms in total. The van der Waals surface area contributed by atoms with Gasteiger partial charge in [0.25, 0.3) is 0 Å². The third-order valence-corrected chi connectivity index (χ3v) is 17.0. The van der Waals surface area contributed by atoms with Gasteiger partial charge in [-0.15, -0.1) is 0 Å². The van der Waals surface area contributed by atoms with Crippen molar-refractivity contribution in [1.82, 2.24) is 0 Å². The molecule has 19 heteroatoms. The van der Waals surface area contributed by atoms with E-state index in [1.54, 1.807) is 0 Å². The van der Waals surface area contributed by atoms with Crippen LogP contribution in [-0.4, -0.2) is 96.7 Å². The van der Waals surface area contributed by atoms with Crippen LogP contribution in [0.3, 0.4) is 0 Å². The van der Waals surface area contributed by atoms with E-state index in [1.165, 1.54) is 141 Å². The van der Waals surface area contributed by atoms with Crippen LogP contribution in [0.5, 0.6) is 0 Å². The first-order valence-electron chi connectivity index (χ1n) is 34.3. The molecule has 0 spiro atoms. The molecule has 0 fully saturated rings. The van der Waals surface area contributed by atoms with Crippen LogP contribution in [-0.2, 0) is 65.4 Å². The molecule has 0 aliphatic carbocycles. The monoisotopic (exact) mass is 1240 g/mol. The van der Waals surface area contributed by atoms with Crippen molar-refractivity contribution in [3.63, 3.8) is 0 Å². The molecule has 0 rings (SSSR count). The summed E-state index contributed by atoms with van der Waals surface area (Å²) >= 11 is 0. The number of carbonyl (C=O) groups is 4. The Morgan fingerprint density at radius 2 is 0.476 bits per heavy atom. The SMILES string of the molecule is CCCCCCCCCCCCCCCCCC(=O)O[C@H](COC(=O)CCCCCCCCC)COP(=O)(O)OCC(O)COP(=O)(O)OC[C@@H](COC(=O)CCCCCCCCC)OC(=O)CCCCCCCCCCCCCCCCC. The van der Waals surface area contributed by atoms with Crippen molar-refractivity contribution >= 4 is 39.5 Å². The molecule has 0 heterocycles. The van der Waals surface area contributed by atoms with Gasteiger partial charge >= 0.3 is 39.5 Å². The van der Waals surface area contributed by atoms with E-state index in [9.17, 15) is 43.2 Å². The zero-order chi connectivity index (χ0) is 61.9. The molecule has 0 aromatic heterocycles. The van der Waals surface area contributed by atoms with E-state index in [0.717, 1.165) is 116 Å². The Bertz CT molecular complexity index is 1510. The van der Waals surface area contributed by atoms with Gasteiger partial charge in [0.2, 0.25) is 0 Å². The highest BCUT2D eigenvalue weighted by Gasteiger charge is 2.30. The second-order valence-corrected chi connectivity index (χ2v) is 26.4. The fourth-order valence-corrected chi connectivity index (χ4v) is 11.4. The Hall–Kier alpha value is -1.94. The summed E-state index contributed by atoms with van der Waals surface area (Å²) < 4.78 is 67.9. The quantitative estimate of drug-likeness (QED) is 0.0222. The molecule has 3 N–H and O–H groups in total. The van der Waals surface area contributed by atoms with Gasteiger partial charge in [-0.1, -0.05) is 285 Å². The molecule has 0 aliphatic rings. The van der Waals surface area contributed by atoms with Crippen molar-refractivity contribution in [3.05, 3.63) is 0 Å². The van der Waals surface area contributed by atoms with Gasteiger partial charge in [-0.3, -0.25) is 37.3 Å². The Kier molecular flexibility index (Phi) is 58.6. The van der Waals surface area contributed by atoms with Crippen molar-refractivity contribution in [1.29, 1.82) is 0 Å². The summed E-state index contributed by atoms with van der Waals surface area (Å²) in [5.74, 6) is -2.14. The van der Waals surface area contributed by atoms with Crippen LogP contribution in [0.1, 0.15) is 336 Å². The molecule has 84 heavy (non-hydrogen) atoms. The molecule has 0 aromatic carbocycles. The number of phosphoric ester groups is 2. The second-order valence-electron chi connectivity index (χ2n) is 23.5. The number of ether oxygens (including phenoxy) is 4. The van der Waals surface area contributed by atoms with Gasteiger partial charge < -0.3 is 33.8 Å². The lowest BCUT2D eigenvalue weighted by Crippen LogP contribution is -2.30. The van der Waals surface area contributed by atoms with Gasteiger partial charge in [-0.2, -0.15) is 0 Å². The van der Waals surface area contributed by atoms with Crippen LogP contribution in [0.2, 0.25) is 0 Å². The summed E-state index contributed by atoms with van der Waals surface area (Å²) in [5, 5.41) is 10.5. The van der Waals surface area contributed by atoms with Crippen LogP contribution in [0.25, 0.3) is 0 Å². The lowest BCUT2D eigenvalue weighted by molar-refractivity contribution is -0.161. The Labute approximate surface area is 511 Å². The van der Waals surface area contributed by atoms with E-state index >= 15 is 0 Å². The summed E-state index contributed by atoms with van der Waals surface area (Å²) in [6, 6.07) is 0. The summed E-state index contributed by atoms with van der Waals surface area (Å²) in [4.78, 5) is 72.1. The van der Waals surface area contributed by atoms with Crippen molar-refractivity contribution in [2.75, 3.05) is 39.6 Å². The number of phosphoric acid groups is 2. The standard InChI is InChI=1S/C65H126O17P2/c1-5-9-13-17-21-23-25-27-29-31-33-35-39-43-47-51-64(69)81-60(55-75-62(67)49-45-41-37-19-15-11-7-3)57-79-83(71,72)77-53-59(66)54-78-84(73,74)80-58-61(56-76-63(68)50-46-42-38-20-16-12-8-4)82-65(70)52-48-44-40-36-34-32-30-28-26-24-22-18-14-10-6-2/h59-61,66H,5-58H2,1-4H3,(H,71,72)(H,73,74)/t60-,61-/m1/s1. The average molecular weight is 1240 g/mol. The lowest BCUT2D eigenvalue weighted by Gasteiger charge is -2.21. The zero-order valence-electron chi connectivity index (χ0n) is 53.9. The summed E-state index contributed by atoms with van der Waals surface area (Å²) in [6.07, 6.45) is 46.0. The summed E-state index contributed by atoms with van der Waals surface area (Å²) in [5.41, 5.74) is 0. The number of rotatable bonds is 66. The third-order valence-electron chi connectivity index (χ3n) is 15.1. The van der Waals surface area contributed by atoms with Crippen molar-refractivity contribution < 1.29 is 80.2 Å². The number of hydrogen-bond donors (Lipinski definition) is 3. The maximum atomic E-state index is 12.9. The topological polar surface area (TPSA) is 237 Å². The van der Waals surface area contributed by atoms with Gasteiger partial charge in [0.05, 0.1) is 26.4 Å². The first-order chi connectivity index (χ1) is 40.7. The smallest absolute Gasteiger partial charge is 0.462 e. The predicted molar refractivity (Wildman–Crippen MR) is 335 cm³/mol. The maximum absolute atomic E-state index is 12.9. The van der Waals surface area contributed by atoms with Crippen molar-refractivity contribution in [2.24, 2.45) is 0 Å². The van der Waals surface area contributed by atoms with Crippen molar-refractivity contribution in [3.8, 4) is 0 Å². The van der Waals surface area contributed by atoms with Crippen LogP contribution in [0.15, 0.2) is 0 Å². The van der Waals surface area contributed by atoms with E-state index in [0.29, 0.717) is 25.7 Å². The minimum atomic E-state index is -4.94. The molecular weight excluding hydrogens is 1110 g/mol. The fourth-order valence-electron chi connectivity index (χ4n) is 9.81. The minimum Gasteiger partial charge on any atom is -0.462 e.